The van der Waals surface area contributed by atoms with Crippen LogP contribution in [0.15, 0.2) is 42.5 Å². The Balaban J connectivity index is 1.64. The number of amides is 1. The lowest BCUT2D eigenvalue weighted by atomic mass is 9.86. The molecule has 0 bridgehead atoms. The molecule has 0 aliphatic carbocycles. The number of fused-ring (bicyclic) bond motifs is 1. The molecule has 1 aromatic heterocycles. The number of aliphatic carboxylic acids is 1. The second kappa shape index (κ2) is 6.54. The van der Waals surface area contributed by atoms with Crippen molar-refractivity contribution in [2.24, 2.45) is 5.92 Å². The number of aryl methyl sites for hydroxylation is 2. The molecule has 6 nitrogen and oxygen atoms in total. The maximum atomic E-state index is 13.0. The number of carboxylic acids is 1. The Morgan fingerprint density at radius 3 is 2.67 bits per heavy atom. The van der Waals surface area contributed by atoms with Crippen LogP contribution in [0.25, 0.3) is 11.0 Å². The number of aromatic nitrogens is 2. The molecule has 27 heavy (non-hydrogen) atoms. The number of H-pyrrole nitrogens is 1. The molecule has 2 N–H and O–H groups in total. The Morgan fingerprint density at radius 2 is 1.93 bits per heavy atom. The Labute approximate surface area is 156 Å². The van der Waals surface area contributed by atoms with Crippen LogP contribution in [0.2, 0.25) is 0 Å². The minimum Gasteiger partial charge on any atom is -0.481 e. The molecule has 0 spiro atoms. The number of nitrogens with one attached hydrogen (secondary N) is 1. The Morgan fingerprint density at radius 1 is 1.15 bits per heavy atom. The van der Waals surface area contributed by atoms with Crippen LogP contribution in [0, 0.1) is 19.8 Å². The van der Waals surface area contributed by atoms with E-state index in [1.807, 2.05) is 44.2 Å². The third kappa shape index (κ3) is 3.07. The summed E-state index contributed by atoms with van der Waals surface area (Å²) in [5, 5.41) is 9.70. The van der Waals surface area contributed by atoms with E-state index in [9.17, 15) is 14.7 Å². The van der Waals surface area contributed by atoms with Crippen molar-refractivity contribution in [1.82, 2.24) is 14.9 Å². The lowest BCUT2D eigenvalue weighted by Crippen LogP contribution is -2.29. The summed E-state index contributed by atoms with van der Waals surface area (Å²) in [6.45, 7) is 4.47. The molecule has 0 unspecified atom stereocenters. The summed E-state index contributed by atoms with van der Waals surface area (Å²) >= 11 is 0. The van der Waals surface area contributed by atoms with Crippen molar-refractivity contribution in [2.45, 2.75) is 19.8 Å². The predicted molar refractivity (Wildman–Crippen MR) is 102 cm³/mol. The van der Waals surface area contributed by atoms with Gasteiger partial charge < -0.3 is 15.0 Å². The van der Waals surface area contributed by atoms with Crippen molar-refractivity contribution < 1.29 is 14.7 Å². The molecular formula is C21H21N3O3. The summed E-state index contributed by atoms with van der Waals surface area (Å²) in [7, 11) is 0. The molecule has 1 fully saturated rings. The fourth-order valence-corrected chi connectivity index (χ4v) is 3.99. The number of likely N-dealkylation sites (tertiary alicyclic amines) is 1. The van der Waals surface area contributed by atoms with Crippen molar-refractivity contribution >= 4 is 22.9 Å². The summed E-state index contributed by atoms with van der Waals surface area (Å²) < 4.78 is 0. The van der Waals surface area contributed by atoms with Gasteiger partial charge in [0, 0.05) is 24.6 Å². The first-order valence-electron chi connectivity index (χ1n) is 8.98. The second-order valence-electron chi connectivity index (χ2n) is 7.17. The number of carboxylic acid groups (broad SMARTS) is 1. The van der Waals surface area contributed by atoms with Crippen molar-refractivity contribution in [3.63, 3.8) is 0 Å². The van der Waals surface area contributed by atoms with Gasteiger partial charge in [0.25, 0.3) is 5.91 Å². The van der Waals surface area contributed by atoms with E-state index in [4.69, 9.17) is 0 Å². The summed E-state index contributed by atoms with van der Waals surface area (Å²) in [5.41, 5.74) is 4.22. The number of hydrogen-bond acceptors (Lipinski definition) is 3. The minimum atomic E-state index is -0.863. The van der Waals surface area contributed by atoms with E-state index in [1.54, 1.807) is 17.0 Å². The number of rotatable bonds is 3. The lowest BCUT2D eigenvalue weighted by molar-refractivity contribution is -0.141. The fourth-order valence-electron chi connectivity index (χ4n) is 3.99. The second-order valence-corrected chi connectivity index (χ2v) is 7.17. The number of hydrogen-bond donors (Lipinski definition) is 2. The first-order valence-corrected chi connectivity index (χ1v) is 8.98. The van der Waals surface area contributed by atoms with Crippen molar-refractivity contribution in [3.8, 4) is 0 Å². The van der Waals surface area contributed by atoms with Crippen molar-refractivity contribution in [1.29, 1.82) is 0 Å². The number of benzene rings is 2. The summed E-state index contributed by atoms with van der Waals surface area (Å²) in [5.74, 6) is -1.02. The molecule has 1 saturated heterocycles. The minimum absolute atomic E-state index is 0.147. The molecule has 3 aromatic rings. The van der Waals surface area contributed by atoms with Gasteiger partial charge in [-0.25, -0.2) is 4.98 Å². The Kier molecular flexibility index (Phi) is 4.18. The highest BCUT2D eigenvalue weighted by Gasteiger charge is 2.41. The van der Waals surface area contributed by atoms with Gasteiger partial charge >= 0.3 is 5.97 Å². The van der Waals surface area contributed by atoms with Crippen molar-refractivity contribution in [3.05, 3.63) is 65.0 Å². The standard InChI is InChI=1S/C21H21N3O3/c1-12-5-3-4-6-15(12)16-10-24(11-17(16)21(26)27)20(25)14-7-8-18-19(9-14)23-13(2)22-18/h3-9,16-17H,10-11H2,1-2H3,(H,22,23)(H,26,27)/t16-,17+/m0/s1. The molecule has 2 heterocycles. The van der Waals surface area contributed by atoms with Gasteiger partial charge in [0.15, 0.2) is 0 Å². The lowest BCUT2D eigenvalue weighted by Gasteiger charge is -2.18. The van der Waals surface area contributed by atoms with E-state index < -0.39 is 11.9 Å². The Hall–Kier alpha value is -3.15. The van der Waals surface area contributed by atoms with E-state index in [2.05, 4.69) is 9.97 Å². The predicted octanol–water partition coefficient (Wildman–Crippen LogP) is 3.12. The molecule has 138 valence electrons. The number of aromatic amines is 1. The maximum absolute atomic E-state index is 13.0. The zero-order valence-electron chi connectivity index (χ0n) is 15.3. The monoisotopic (exact) mass is 363 g/mol. The van der Waals surface area contributed by atoms with E-state index >= 15 is 0 Å². The molecule has 2 atom stereocenters. The summed E-state index contributed by atoms with van der Waals surface area (Å²) in [6.07, 6.45) is 0. The van der Waals surface area contributed by atoms with Crippen molar-refractivity contribution in [2.75, 3.05) is 13.1 Å². The van der Waals surface area contributed by atoms with Gasteiger partial charge in [-0.1, -0.05) is 24.3 Å². The highest BCUT2D eigenvalue weighted by Crippen LogP contribution is 2.35. The smallest absolute Gasteiger partial charge is 0.308 e. The largest absolute Gasteiger partial charge is 0.481 e. The molecule has 1 aliphatic rings. The van der Waals surface area contributed by atoms with E-state index in [0.29, 0.717) is 12.1 Å². The molecule has 2 aromatic carbocycles. The van der Waals surface area contributed by atoms with E-state index in [-0.39, 0.29) is 18.4 Å². The van der Waals surface area contributed by atoms with Crippen LogP contribution < -0.4 is 0 Å². The maximum Gasteiger partial charge on any atom is 0.308 e. The van der Waals surface area contributed by atoms with Gasteiger partial charge in [-0.15, -0.1) is 0 Å². The van der Waals surface area contributed by atoms with Gasteiger partial charge in [-0.3, -0.25) is 9.59 Å². The molecule has 1 amide bonds. The average molecular weight is 363 g/mol. The van der Waals surface area contributed by atoms with Crippen LogP contribution >= 0.6 is 0 Å². The number of nitrogens with zero attached hydrogens (tertiary/aromatic N) is 2. The molecule has 0 saturated carbocycles. The van der Waals surface area contributed by atoms with E-state index in [0.717, 1.165) is 28.0 Å². The molecule has 1 aliphatic heterocycles. The van der Waals surface area contributed by atoms with E-state index in [1.165, 1.54) is 0 Å². The third-order valence-electron chi connectivity index (χ3n) is 5.36. The quantitative estimate of drug-likeness (QED) is 0.749. The van der Waals surface area contributed by atoms with Crippen LogP contribution in [0.5, 0.6) is 0 Å². The van der Waals surface area contributed by atoms with Gasteiger partial charge in [0.05, 0.1) is 17.0 Å². The SMILES string of the molecule is Cc1nc2ccc(C(=O)N3C[C@@H](C(=O)O)[C@H](c4ccccc4C)C3)cc2[nH]1. The molecule has 4 rings (SSSR count). The number of carbonyl (C=O) groups excluding carboxylic acids is 1. The molecular weight excluding hydrogens is 342 g/mol. The van der Waals surface area contributed by atoms with Gasteiger partial charge in [-0.05, 0) is 43.2 Å². The van der Waals surface area contributed by atoms with Crippen LogP contribution in [-0.2, 0) is 4.79 Å². The number of carbonyl (C=O) groups is 2. The summed E-state index contributed by atoms with van der Waals surface area (Å²) in [6, 6.07) is 13.1. The summed E-state index contributed by atoms with van der Waals surface area (Å²) in [4.78, 5) is 34.0. The third-order valence-corrected chi connectivity index (χ3v) is 5.36. The molecule has 0 radical (unpaired) electrons. The normalized spacial score (nSPS) is 19.6. The highest BCUT2D eigenvalue weighted by atomic mass is 16.4. The Bertz CT molecular complexity index is 1040. The zero-order valence-corrected chi connectivity index (χ0v) is 15.3. The van der Waals surface area contributed by atoms with Gasteiger partial charge in [-0.2, -0.15) is 0 Å². The average Bonchev–Trinajstić information content (AvgIpc) is 3.23. The molecule has 6 heteroatoms. The van der Waals surface area contributed by atoms with Gasteiger partial charge in [0.1, 0.15) is 5.82 Å². The van der Waals surface area contributed by atoms with Gasteiger partial charge in [0.2, 0.25) is 0 Å². The van der Waals surface area contributed by atoms with Crippen LogP contribution in [0.1, 0.15) is 33.2 Å². The highest BCUT2D eigenvalue weighted by molar-refractivity contribution is 5.98. The first kappa shape index (κ1) is 17.3. The van der Waals surface area contributed by atoms with Crippen LogP contribution in [0.3, 0.4) is 0 Å². The van der Waals surface area contributed by atoms with Crippen LogP contribution in [0.4, 0.5) is 0 Å². The fraction of sp³-hybridized carbons (Fsp3) is 0.286. The first-order chi connectivity index (χ1) is 12.9. The topological polar surface area (TPSA) is 86.3 Å². The number of imidazole rings is 1. The zero-order chi connectivity index (χ0) is 19.1. The van der Waals surface area contributed by atoms with Crippen LogP contribution in [-0.4, -0.2) is 44.9 Å².